The van der Waals surface area contributed by atoms with Crippen LogP contribution < -0.4 is 15.4 Å². The highest BCUT2D eigenvalue weighted by Gasteiger charge is 2.20. The number of fused-ring (bicyclic) bond motifs is 1. The molecule has 2 aromatic rings. The number of halogens is 2. The van der Waals surface area contributed by atoms with Crippen molar-refractivity contribution in [2.24, 2.45) is 4.99 Å². The third-order valence-electron chi connectivity index (χ3n) is 4.08. The van der Waals surface area contributed by atoms with E-state index in [0.717, 1.165) is 36.9 Å². The van der Waals surface area contributed by atoms with Gasteiger partial charge in [0.15, 0.2) is 5.96 Å². The van der Waals surface area contributed by atoms with Crippen molar-refractivity contribution < 1.29 is 4.74 Å². The average Bonchev–Trinajstić information content (AvgIpc) is 3.08. The Labute approximate surface area is 175 Å². The van der Waals surface area contributed by atoms with E-state index < -0.39 is 0 Å². The lowest BCUT2D eigenvalue weighted by Crippen LogP contribution is -2.48. The maximum absolute atomic E-state index is 5.88. The summed E-state index contributed by atoms with van der Waals surface area (Å²) in [6, 6.07) is 7.65. The van der Waals surface area contributed by atoms with Gasteiger partial charge in [0.25, 0.3) is 0 Å². The molecular formula is C17H24ClIN6O. The van der Waals surface area contributed by atoms with Crippen molar-refractivity contribution in [2.75, 3.05) is 13.6 Å². The molecule has 3 rings (SSSR count). The number of aryl methyl sites for hydroxylation is 1. The fraction of sp³-hybridized carbons (Fsp3) is 0.471. The Kier molecular flexibility index (Phi) is 7.95. The molecule has 0 bridgehead atoms. The van der Waals surface area contributed by atoms with Gasteiger partial charge in [-0.2, -0.15) is 5.10 Å². The van der Waals surface area contributed by atoms with Gasteiger partial charge >= 0.3 is 0 Å². The Morgan fingerprint density at radius 3 is 2.92 bits per heavy atom. The van der Waals surface area contributed by atoms with Gasteiger partial charge in [-0.1, -0.05) is 11.6 Å². The first kappa shape index (κ1) is 20.8. The Bertz CT molecular complexity index is 720. The predicted octanol–water partition coefficient (Wildman–Crippen LogP) is 2.50. The monoisotopic (exact) mass is 490 g/mol. The lowest BCUT2D eigenvalue weighted by atomic mass is 10.1. The van der Waals surface area contributed by atoms with Crippen LogP contribution in [0, 0.1) is 0 Å². The number of rotatable bonds is 5. The quantitative estimate of drug-likeness (QED) is 0.383. The standard InChI is InChI=1S/C17H23ClN6O.HI/c1-12(25-15-6-3-13(18)4-7-15)9-20-17(19-2)23-14-5-8-16-21-11-22-24(16)10-14;/h3-4,6-7,11-12,14H,5,8-10H2,1-2H3,(H2,19,20,23);1H. The zero-order chi connectivity index (χ0) is 17.6. The van der Waals surface area contributed by atoms with Gasteiger partial charge in [-0.3, -0.25) is 4.99 Å². The minimum atomic E-state index is -0.00648. The van der Waals surface area contributed by atoms with E-state index in [9.17, 15) is 0 Å². The molecule has 2 N–H and O–H groups in total. The van der Waals surface area contributed by atoms with E-state index in [-0.39, 0.29) is 36.1 Å². The second kappa shape index (κ2) is 9.96. The number of nitrogens with one attached hydrogen (secondary N) is 2. The summed E-state index contributed by atoms with van der Waals surface area (Å²) in [6.45, 7) is 3.45. The Morgan fingerprint density at radius 2 is 2.19 bits per heavy atom. The van der Waals surface area contributed by atoms with Gasteiger partial charge in [-0.05, 0) is 37.6 Å². The largest absolute Gasteiger partial charge is 0.489 e. The van der Waals surface area contributed by atoms with Crippen molar-refractivity contribution in [3.8, 4) is 5.75 Å². The van der Waals surface area contributed by atoms with Crippen molar-refractivity contribution >= 4 is 41.5 Å². The van der Waals surface area contributed by atoms with Crippen LogP contribution in [0.4, 0.5) is 0 Å². The number of nitrogens with zero attached hydrogens (tertiary/aromatic N) is 4. The highest BCUT2D eigenvalue weighted by atomic mass is 127. The predicted molar refractivity (Wildman–Crippen MR) is 114 cm³/mol. The molecule has 0 aliphatic carbocycles. The van der Waals surface area contributed by atoms with Crippen LogP contribution in [0.25, 0.3) is 0 Å². The van der Waals surface area contributed by atoms with Crippen LogP contribution in [0.2, 0.25) is 5.02 Å². The number of guanidine groups is 1. The van der Waals surface area contributed by atoms with Crippen molar-refractivity contribution in [3.05, 3.63) is 41.4 Å². The van der Waals surface area contributed by atoms with Gasteiger partial charge in [-0.25, -0.2) is 9.67 Å². The molecule has 9 heteroatoms. The Hall–Kier alpha value is -1.55. The summed E-state index contributed by atoms with van der Waals surface area (Å²) >= 11 is 5.88. The SMILES string of the molecule is CN=C(NCC(C)Oc1ccc(Cl)cc1)NC1CCc2ncnn2C1.I. The smallest absolute Gasteiger partial charge is 0.191 e. The van der Waals surface area contributed by atoms with Crippen molar-refractivity contribution in [2.45, 2.75) is 38.5 Å². The van der Waals surface area contributed by atoms with Gasteiger partial charge < -0.3 is 15.4 Å². The topological polar surface area (TPSA) is 76.4 Å². The van der Waals surface area contributed by atoms with Gasteiger partial charge in [0.1, 0.15) is 24.0 Å². The fourth-order valence-electron chi connectivity index (χ4n) is 2.77. The summed E-state index contributed by atoms with van der Waals surface area (Å²) in [7, 11) is 1.77. The van der Waals surface area contributed by atoms with E-state index in [0.29, 0.717) is 11.6 Å². The van der Waals surface area contributed by atoms with Crippen molar-refractivity contribution in [1.82, 2.24) is 25.4 Å². The first-order valence-electron chi connectivity index (χ1n) is 8.40. The highest BCUT2D eigenvalue weighted by molar-refractivity contribution is 14.0. The molecule has 2 heterocycles. The molecule has 1 aliphatic rings. The second-order valence-electron chi connectivity index (χ2n) is 6.07. The number of hydrogen-bond acceptors (Lipinski definition) is 4. The Balaban J connectivity index is 0.00000243. The minimum Gasteiger partial charge on any atom is -0.489 e. The van der Waals surface area contributed by atoms with Gasteiger partial charge in [0, 0.05) is 24.5 Å². The molecule has 0 saturated heterocycles. The molecule has 2 atom stereocenters. The molecule has 142 valence electrons. The summed E-state index contributed by atoms with van der Waals surface area (Å²) in [5.41, 5.74) is 0. The van der Waals surface area contributed by atoms with Crippen LogP contribution in [-0.2, 0) is 13.0 Å². The number of aromatic nitrogens is 3. The van der Waals surface area contributed by atoms with E-state index in [1.54, 1.807) is 13.4 Å². The molecule has 1 aromatic carbocycles. The second-order valence-corrected chi connectivity index (χ2v) is 6.51. The molecule has 0 saturated carbocycles. The van der Waals surface area contributed by atoms with E-state index in [1.807, 2.05) is 35.9 Å². The first-order valence-corrected chi connectivity index (χ1v) is 8.78. The summed E-state index contributed by atoms with van der Waals surface area (Å²) in [5.74, 6) is 2.61. The normalized spacial score (nSPS) is 17.7. The maximum Gasteiger partial charge on any atom is 0.191 e. The summed E-state index contributed by atoms with van der Waals surface area (Å²) in [6.07, 6.45) is 3.54. The number of benzene rings is 1. The zero-order valence-corrected chi connectivity index (χ0v) is 17.9. The van der Waals surface area contributed by atoms with E-state index >= 15 is 0 Å². The number of aliphatic imine (C=N–C) groups is 1. The van der Waals surface area contributed by atoms with Gasteiger partial charge in [0.2, 0.25) is 0 Å². The minimum absolute atomic E-state index is 0. The summed E-state index contributed by atoms with van der Waals surface area (Å²) < 4.78 is 7.81. The molecule has 2 unspecified atom stereocenters. The number of ether oxygens (including phenoxy) is 1. The lowest BCUT2D eigenvalue weighted by Gasteiger charge is -2.26. The lowest BCUT2D eigenvalue weighted by molar-refractivity contribution is 0.223. The summed E-state index contributed by atoms with van der Waals surface area (Å²) in [4.78, 5) is 8.54. The molecule has 0 amide bonds. The van der Waals surface area contributed by atoms with Crippen molar-refractivity contribution in [1.29, 1.82) is 0 Å². The van der Waals surface area contributed by atoms with E-state index in [4.69, 9.17) is 16.3 Å². The molecule has 1 aromatic heterocycles. The van der Waals surface area contributed by atoms with Crippen LogP contribution >= 0.6 is 35.6 Å². The fourth-order valence-corrected chi connectivity index (χ4v) is 2.90. The zero-order valence-electron chi connectivity index (χ0n) is 14.9. The molecule has 26 heavy (non-hydrogen) atoms. The molecule has 7 nitrogen and oxygen atoms in total. The van der Waals surface area contributed by atoms with Gasteiger partial charge in [-0.15, -0.1) is 24.0 Å². The van der Waals surface area contributed by atoms with Crippen LogP contribution in [0.1, 0.15) is 19.2 Å². The van der Waals surface area contributed by atoms with E-state index in [2.05, 4.69) is 25.7 Å². The molecule has 0 fully saturated rings. The van der Waals surface area contributed by atoms with Crippen LogP contribution in [0.15, 0.2) is 35.6 Å². The molecular weight excluding hydrogens is 467 g/mol. The third-order valence-corrected chi connectivity index (χ3v) is 4.33. The van der Waals surface area contributed by atoms with Gasteiger partial charge in [0.05, 0.1) is 13.1 Å². The first-order chi connectivity index (χ1) is 12.1. The maximum atomic E-state index is 5.88. The molecule has 1 aliphatic heterocycles. The number of hydrogen-bond donors (Lipinski definition) is 2. The van der Waals surface area contributed by atoms with Crippen molar-refractivity contribution in [3.63, 3.8) is 0 Å². The summed E-state index contributed by atoms with van der Waals surface area (Å²) in [5, 5.41) is 11.7. The highest BCUT2D eigenvalue weighted by Crippen LogP contribution is 2.16. The van der Waals surface area contributed by atoms with E-state index in [1.165, 1.54) is 0 Å². The van der Waals surface area contributed by atoms with Crippen LogP contribution in [-0.4, -0.2) is 46.5 Å². The van der Waals surface area contributed by atoms with Crippen LogP contribution in [0.3, 0.4) is 0 Å². The Morgan fingerprint density at radius 1 is 1.42 bits per heavy atom. The molecule has 0 radical (unpaired) electrons. The molecule has 0 spiro atoms. The third kappa shape index (κ3) is 5.73. The average molecular weight is 491 g/mol. The van der Waals surface area contributed by atoms with Crippen LogP contribution in [0.5, 0.6) is 5.75 Å².